The third-order valence-corrected chi connectivity index (χ3v) is 1.36. The molecule has 0 saturated heterocycles. The first kappa shape index (κ1) is 27.0. The van der Waals surface area contributed by atoms with Gasteiger partial charge in [-0.25, -0.2) is 8.78 Å². The van der Waals surface area contributed by atoms with Crippen molar-refractivity contribution in [2.45, 2.75) is 0 Å². The van der Waals surface area contributed by atoms with Gasteiger partial charge in [-0.1, -0.05) is 0 Å². The summed E-state index contributed by atoms with van der Waals surface area (Å²) in [6.45, 7) is 4.75. The summed E-state index contributed by atoms with van der Waals surface area (Å²) in [6, 6.07) is 17.0. The first-order valence-electron chi connectivity index (χ1n) is 4.24. The van der Waals surface area contributed by atoms with E-state index in [1.807, 2.05) is 0 Å². The van der Waals surface area contributed by atoms with Gasteiger partial charge in [0.25, 0.3) is 0 Å². The Bertz CT molecular complexity index is 362. The average molecular weight is 294 g/mol. The Morgan fingerprint density at radius 1 is 0.737 bits per heavy atom. The van der Waals surface area contributed by atoms with Crippen molar-refractivity contribution >= 4 is 0 Å². The quantitative estimate of drug-likeness (QED) is 0.385. The maximum atomic E-state index is 11.9. The molecule has 0 atom stereocenters. The van der Waals surface area contributed by atoms with Gasteiger partial charge in [-0.15, -0.1) is 24.3 Å². The van der Waals surface area contributed by atoms with Crippen LogP contribution in [0.3, 0.4) is 0 Å². The number of halogens is 2. The SMILES string of the molecule is Fc1cc[c-]cc1.Fc1cc[c-]cc1.[C-]#N.[Cu+].[Li+].[Li+]. The molecule has 0 aromatic heterocycles. The number of hydrogen-bond acceptors (Lipinski definition) is 1. The van der Waals surface area contributed by atoms with Gasteiger partial charge < -0.3 is 11.8 Å². The van der Waals surface area contributed by atoms with Crippen LogP contribution in [0, 0.1) is 35.6 Å². The molecule has 2 aromatic rings. The monoisotopic (exact) mass is 293 g/mol. The molecule has 92 valence electrons. The Labute approximate surface area is 147 Å². The fourth-order valence-electron chi connectivity index (χ4n) is 0.733. The van der Waals surface area contributed by atoms with E-state index < -0.39 is 0 Å². The Balaban J connectivity index is -0.0000000919. The normalized spacial score (nSPS) is 6.53. The summed E-state index contributed by atoms with van der Waals surface area (Å²) in [5.41, 5.74) is 0. The molecule has 0 fully saturated rings. The summed E-state index contributed by atoms with van der Waals surface area (Å²) < 4.78 is 23.8. The molecule has 0 amide bonds. The van der Waals surface area contributed by atoms with Crippen LogP contribution in [0.1, 0.15) is 0 Å². The van der Waals surface area contributed by atoms with E-state index in [0.29, 0.717) is 0 Å². The van der Waals surface area contributed by atoms with Gasteiger partial charge >= 0.3 is 54.8 Å². The first-order valence-corrected chi connectivity index (χ1v) is 4.24. The minimum absolute atomic E-state index is 0. The number of rotatable bonds is 0. The van der Waals surface area contributed by atoms with Gasteiger partial charge in [-0.2, -0.15) is 36.4 Å². The van der Waals surface area contributed by atoms with Crippen molar-refractivity contribution in [1.29, 1.82) is 5.26 Å². The largest absolute Gasteiger partial charge is 1.00 e. The number of hydrogen-bond donors (Lipinski definition) is 0. The molecule has 6 heteroatoms. The van der Waals surface area contributed by atoms with Crippen molar-refractivity contribution in [2.75, 3.05) is 0 Å². The molecule has 0 N–H and O–H groups in total. The second-order valence-corrected chi connectivity index (χ2v) is 2.44. The van der Waals surface area contributed by atoms with Crippen molar-refractivity contribution in [3.63, 3.8) is 0 Å². The van der Waals surface area contributed by atoms with Crippen LogP contribution in [0.2, 0.25) is 0 Å². The third-order valence-electron chi connectivity index (χ3n) is 1.36. The Morgan fingerprint density at radius 2 is 0.947 bits per heavy atom. The van der Waals surface area contributed by atoms with Crippen LogP contribution in [-0.4, -0.2) is 0 Å². The van der Waals surface area contributed by atoms with Crippen molar-refractivity contribution in [2.24, 2.45) is 0 Å². The topological polar surface area (TPSA) is 23.8 Å². The van der Waals surface area contributed by atoms with Crippen molar-refractivity contribution in [3.05, 3.63) is 78.9 Å². The van der Waals surface area contributed by atoms with E-state index in [0.717, 1.165) is 0 Å². The number of nitrogens with zero attached hydrogens (tertiary/aromatic N) is 1. The minimum Gasteiger partial charge on any atom is -0.512 e. The summed E-state index contributed by atoms with van der Waals surface area (Å²) >= 11 is 0. The van der Waals surface area contributed by atoms with Crippen molar-refractivity contribution in [3.8, 4) is 0 Å². The molecule has 0 radical (unpaired) electrons. The minimum atomic E-state index is -0.209. The van der Waals surface area contributed by atoms with Crippen LogP contribution in [0.25, 0.3) is 0 Å². The van der Waals surface area contributed by atoms with Crippen LogP contribution in [-0.2, 0) is 17.1 Å². The fraction of sp³-hybridized carbons (Fsp3) is 0. The van der Waals surface area contributed by atoms with Crippen LogP contribution in [0.4, 0.5) is 8.78 Å². The van der Waals surface area contributed by atoms with Crippen LogP contribution >= 0.6 is 0 Å². The zero-order valence-corrected chi connectivity index (χ0v) is 11.6. The van der Waals surface area contributed by atoms with Crippen molar-refractivity contribution in [1.82, 2.24) is 0 Å². The second-order valence-electron chi connectivity index (χ2n) is 2.44. The Kier molecular flexibility index (Phi) is 28.1. The predicted molar refractivity (Wildman–Crippen MR) is 55.4 cm³/mol. The third kappa shape index (κ3) is 17.5. The Hall–Kier alpha value is -0.496. The molecule has 0 aliphatic heterocycles. The molecule has 0 heterocycles. The number of benzene rings is 2. The molecular formula is C13H8CuF2Li2N. The smallest absolute Gasteiger partial charge is 0.512 e. The van der Waals surface area contributed by atoms with Crippen LogP contribution < -0.4 is 37.7 Å². The van der Waals surface area contributed by atoms with Gasteiger partial charge in [0.2, 0.25) is 0 Å². The van der Waals surface area contributed by atoms with Gasteiger partial charge in [-0.3, -0.25) is 0 Å². The molecule has 0 bridgehead atoms. The van der Waals surface area contributed by atoms with Gasteiger partial charge in [-0.05, 0) is 0 Å². The molecule has 0 saturated carbocycles. The van der Waals surface area contributed by atoms with E-state index in [2.05, 4.69) is 12.1 Å². The standard InChI is InChI=1S/2C6H4F.CN.Cu.2Li/c2*7-6-4-2-1-3-5-6;1-2;;;/h2*2-5H;;;;/q3*-1;3*+1. The molecule has 0 aliphatic carbocycles. The van der Waals surface area contributed by atoms with Gasteiger partial charge in [0, 0.05) is 11.6 Å². The van der Waals surface area contributed by atoms with E-state index >= 15 is 0 Å². The molecule has 19 heavy (non-hydrogen) atoms. The van der Waals surface area contributed by atoms with E-state index in [1.54, 1.807) is 0 Å². The summed E-state index contributed by atoms with van der Waals surface area (Å²) in [5, 5.41) is 6.25. The van der Waals surface area contributed by atoms with Crippen LogP contribution in [0.15, 0.2) is 48.5 Å². The summed E-state index contributed by atoms with van der Waals surface area (Å²) in [4.78, 5) is 0. The zero-order chi connectivity index (χ0) is 12.2. The van der Waals surface area contributed by atoms with Gasteiger partial charge in [0.15, 0.2) is 0 Å². The van der Waals surface area contributed by atoms with E-state index in [9.17, 15) is 8.78 Å². The maximum absolute atomic E-state index is 11.9. The van der Waals surface area contributed by atoms with Gasteiger partial charge in [0.1, 0.15) is 0 Å². The van der Waals surface area contributed by atoms with Crippen LogP contribution in [0.5, 0.6) is 0 Å². The van der Waals surface area contributed by atoms with E-state index in [4.69, 9.17) is 11.8 Å². The fourth-order valence-corrected chi connectivity index (χ4v) is 0.733. The second kappa shape index (κ2) is 19.8. The molecule has 2 rings (SSSR count). The van der Waals surface area contributed by atoms with E-state index in [1.165, 1.54) is 48.5 Å². The molecule has 0 unspecified atom stereocenters. The van der Waals surface area contributed by atoms with Gasteiger partial charge in [0.05, 0.1) is 0 Å². The summed E-state index contributed by atoms with van der Waals surface area (Å²) in [6.07, 6.45) is 0. The maximum Gasteiger partial charge on any atom is 1.00 e. The first-order chi connectivity index (χ1) is 7.79. The van der Waals surface area contributed by atoms with E-state index in [-0.39, 0.29) is 66.4 Å². The average Bonchev–Trinajstić information content (AvgIpc) is 2.34. The zero-order valence-electron chi connectivity index (χ0n) is 10.6. The molecule has 2 aromatic carbocycles. The Morgan fingerprint density at radius 3 is 1.05 bits per heavy atom. The molecule has 0 spiro atoms. The molecular weight excluding hydrogens is 286 g/mol. The molecule has 0 aliphatic rings. The molecule has 1 nitrogen and oxygen atoms in total. The summed E-state index contributed by atoms with van der Waals surface area (Å²) in [7, 11) is 0. The predicted octanol–water partition coefficient (Wildman–Crippen LogP) is -2.65. The summed E-state index contributed by atoms with van der Waals surface area (Å²) in [5.74, 6) is -0.419. The van der Waals surface area contributed by atoms with Crippen molar-refractivity contribution < 1.29 is 63.6 Å².